The molecule has 118 valence electrons. The van der Waals surface area contributed by atoms with Crippen LogP contribution in [0, 0.1) is 22.9 Å². The second kappa shape index (κ2) is 6.92. The molecule has 0 heterocycles. The summed E-state index contributed by atoms with van der Waals surface area (Å²) in [5.74, 6) is -1.02. The van der Waals surface area contributed by atoms with Gasteiger partial charge in [0, 0.05) is 19.7 Å². The topological polar surface area (TPSA) is 92.6 Å². The third-order valence-electron chi connectivity index (χ3n) is 3.01. The molecule has 0 aliphatic heterocycles. The second-order valence-corrected chi connectivity index (χ2v) is 6.66. The van der Waals surface area contributed by atoms with E-state index in [1.807, 2.05) is 0 Å². The highest BCUT2D eigenvalue weighted by atomic mass is 32.2. The molecular weight excluding hydrogens is 301 g/mol. The maximum atomic E-state index is 13.6. The minimum atomic E-state index is -3.88. The molecule has 21 heavy (non-hydrogen) atoms. The van der Waals surface area contributed by atoms with Crippen molar-refractivity contribution in [1.29, 1.82) is 0 Å². The van der Waals surface area contributed by atoms with Crippen LogP contribution < -0.4 is 5.32 Å². The molecule has 0 bridgehead atoms. The standard InChI is InChI=1S/C12H18FN3O4S/c1-9-7-10(8-11(12(9)13)16(17)18)21(19,20)15(3)6-4-5-14-2/h7-8,14H,4-6H2,1-3H3. The van der Waals surface area contributed by atoms with E-state index < -0.39 is 26.5 Å². The Kier molecular flexibility index (Phi) is 5.76. The number of aryl methyl sites for hydroxylation is 1. The number of rotatable bonds is 7. The number of nitrogens with one attached hydrogen (secondary N) is 1. The zero-order valence-electron chi connectivity index (χ0n) is 12.1. The Hall–Kier alpha value is -1.58. The van der Waals surface area contributed by atoms with Gasteiger partial charge in [-0.3, -0.25) is 10.1 Å². The highest BCUT2D eigenvalue weighted by Gasteiger charge is 2.26. The summed E-state index contributed by atoms with van der Waals surface area (Å²) in [4.78, 5) is 9.58. The SMILES string of the molecule is CNCCCN(C)S(=O)(=O)c1cc(C)c(F)c([N+](=O)[O-])c1. The van der Waals surface area contributed by atoms with Crippen molar-refractivity contribution in [3.8, 4) is 0 Å². The lowest BCUT2D eigenvalue weighted by Crippen LogP contribution is -2.29. The Balaban J connectivity index is 3.17. The van der Waals surface area contributed by atoms with Gasteiger partial charge in [0.05, 0.1) is 9.82 Å². The molecule has 9 heteroatoms. The van der Waals surface area contributed by atoms with Crippen LogP contribution in [-0.2, 0) is 10.0 Å². The summed E-state index contributed by atoms with van der Waals surface area (Å²) >= 11 is 0. The van der Waals surface area contributed by atoms with Gasteiger partial charge in [-0.1, -0.05) is 0 Å². The minimum Gasteiger partial charge on any atom is -0.320 e. The predicted molar refractivity (Wildman–Crippen MR) is 76.2 cm³/mol. The Morgan fingerprint density at radius 1 is 1.43 bits per heavy atom. The van der Waals surface area contributed by atoms with Crippen LogP contribution in [0.25, 0.3) is 0 Å². The van der Waals surface area contributed by atoms with E-state index >= 15 is 0 Å². The van der Waals surface area contributed by atoms with Gasteiger partial charge < -0.3 is 5.32 Å². The highest BCUT2D eigenvalue weighted by molar-refractivity contribution is 7.89. The monoisotopic (exact) mass is 319 g/mol. The Labute approximate surface area is 123 Å². The predicted octanol–water partition coefficient (Wildman–Crippen LogP) is 1.27. The Morgan fingerprint density at radius 2 is 2.05 bits per heavy atom. The van der Waals surface area contributed by atoms with Crippen LogP contribution in [0.3, 0.4) is 0 Å². The fourth-order valence-corrected chi connectivity index (χ4v) is 3.09. The van der Waals surface area contributed by atoms with Gasteiger partial charge in [0.2, 0.25) is 15.8 Å². The van der Waals surface area contributed by atoms with Crippen LogP contribution in [0.5, 0.6) is 0 Å². The number of nitrogens with zero attached hydrogens (tertiary/aromatic N) is 2. The van der Waals surface area contributed by atoms with Crippen molar-refractivity contribution in [2.24, 2.45) is 0 Å². The van der Waals surface area contributed by atoms with Gasteiger partial charge in [-0.15, -0.1) is 0 Å². The molecule has 0 atom stereocenters. The molecule has 0 radical (unpaired) electrons. The lowest BCUT2D eigenvalue weighted by molar-refractivity contribution is -0.387. The summed E-state index contributed by atoms with van der Waals surface area (Å²) in [6, 6.07) is 1.86. The zero-order chi connectivity index (χ0) is 16.2. The summed E-state index contributed by atoms with van der Waals surface area (Å²) in [7, 11) is -0.745. The summed E-state index contributed by atoms with van der Waals surface area (Å²) in [5, 5.41) is 13.7. The van der Waals surface area contributed by atoms with E-state index in [4.69, 9.17) is 0 Å². The van der Waals surface area contributed by atoms with Gasteiger partial charge in [-0.25, -0.2) is 12.7 Å². The number of halogens is 1. The van der Waals surface area contributed by atoms with Gasteiger partial charge in [0.15, 0.2) is 0 Å². The molecule has 0 amide bonds. The van der Waals surface area contributed by atoms with Gasteiger partial charge >= 0.3 is 5.69 Å². The van der Waals surface area contributed by atoms with Crippen molar-refractivity contribution < 1.29 is 17.7 Å². The molecule has 1 N–H and O–H groups in total. The van der Waals surface area contributed by atoms with Crippen LogP contribution in [0.15, 0.2) is 17.0 Å². The van der Waals surface area contributed by atoms with Crippen LogP contribution in [0.4, 0.5) is 10.1 Å². The molecule has 7 nitrogen and oxygen atoms in total. The first-order valence-electron chi connectivity index (χ1n) is 6.27. The van der Waals surface area contributed by atoms with Crippen molar-refractivity contribution in [1.82, 2.24) is 9.62 Å². The Bertz CT molecular complexity index is 634. The van der Waals surface area contributed by atoms with E-state index in [1.54, 1.807) is 7.05 Å². The van der Waals surface area contributed by atoms with Gasteiger partial charge in [-0.05, 0) is 38.6 Å². The van der Waals surface area contributed by atoms with Crippen LogP contribution >= 0.6 is 0 Å². The maximum absolute atomic E-state index is 13.6. The molecule has 0 fully saturated rings. The summed E-state index contributed by atoms with van der Waals surface area (Å²) < 4.78 is 39.4. The molecule has 0 saturated heterocycles. The van der Waals surface area contributed by atoms with E-state index in [-0.39, 0.29) is 17.0 Å². The molecule has 0 saturated carbocycles. The fourth-order valence-electron chi connectivity index (χ4n) is 1.78. The van der Waals surface area contributed by atoms with E-state index in [1.165, 1.54) is 14.0 Å². The van der Waals surface area contributed by atoms with E-state index in [0.29, 0.717) is 13.0 Å². The molecule has 1 aromatic rings. The first-order valence-corrected chi connectivity index (χ1v) is 7.71. The normalized spacial score (nSPS) is 11.9. The third kappa shape index (κ3) is 3.96. The number of hydrogen-bond acceptors (Lipinski definition) is 5. The molecule has 0 aliphatic carbocycles. The van der Waals surface area contributed by atoms with Crippen molar-refractivity contribution in [3.63, 3.8) is 0 Å². The smallest absolute Gasteiger partial charge is 0.306 e. The Morgan fingerprint density at radius 3 is 2.57 bits per heavy atom. The number of benzene rings is 1. The second-order valence-electron chi connectivity index (χ2n) is 4.61. The van der Waals surface area contributed by atoms with Crippen molar-refractivity contribution >= 4 is 15.7 Å². The van der Waals surface area contributed by atoms with E-state index in [2.05, 4.69) is 5.32 Å². The summed E-state index contributed by atoms with van der Waals surface area (Å²) in [5.41, 5.74) is -0.913. The average Bonchev–Trinajstić information content (AvgIpc) is 2.41. The van der Waals surface area contributed by atoms with E-state index in [0.717, 1.165) is 16.4 Å². The molecule has 1 aromatic carbocycles. The molecule has 0 aliphatic rings. The average molecular weight is 319 g/mol. The van der Waals surface area contributed by atoms with Gasteiger partial charge in [0.25, 0.3) is 0 Å². The zero-order valence-corrected chi connectivity index (χ0v) is 12.9. The molecule has 0 unspecified atom stereocenters. The largest absolute Gasteiger partial charge is 0.320 e. The maximum Gasteiger partial charge on any atom is 0.306 e. The lowest BCUT2D eigenvalue weighted by Gasteiger charge is -2.17. The van der Waals surface area contributed by atoms with Crippen LogP contribution in [-0.4, -0.2) is 44.8 Å². The molecule has 0 spiro atoms. The fraction of sp³-hybridized carbons (Fsp3) is 0.500. The molecule has 0 aromatic heterocycles. The number of hydrogen-bond donors (Lipinski definition) is 1. The first-order chi connectivity index (χ1) is 9.71. The third-order valence-corrected chi connectivity index (χ3v) is 4.85. The van der Waals surface area contributed by atoms with Crippen molar-refractivity contribution in [2.75, 3.05) is 27.2 Å². The van der Waals surface area contributed by atoms with E-state index in [9.17, 15) is 22.9 Å². The van der Waals surface area contributed by atoms with Crippen molar-refractivity contribution in [3.05, 3.63) is 33.6 Å². The summed E-state index contributed by atoms with van der Waals surface area (Å²) in [6.45, 7) is 2.19. The first kappa shape index (κ1) is 17.5. The molecule has 1 rings (SSSR count). The molecular formula is C12H18FN3O4S. The quantitative estimate of drug-likeness (QED) is 0.464. The van der Waals surface area contributed by atoms with Crippen molar-refractivity contribution in [2.45, 2.75) is 18.2 Å². The van der Waals surface area contributed by atoms with Gasteiger partial charge in [-0.2, -0.15) is 4.39 Å². The lowest BCUT2D eigenvalue weighted by atomic mass is 10.2. The number of sulfonamides is 1. The summed E-state index contributed by atoms with van der Waals surface area (Å²) in [6.07, 6.45) is 0.592. The minimum absolute atomic E-state index is 0.0774. The number of nitro groups is 1. The highest BCUT2D eigenvalue weighted by Crippen LogP contribution is 2.26. The van der Waals surface area contributed by atoms with Crippen LogP contribution in [0.1, 0.15) is 12.0 Å². The van der Waals surface area contributed by atoms with Crippen LogP contribution in [0.2, 0.25) is 0 Å². The number of nitro benzene ring substituents is 1. The van der Waals surface area contributed by atoms with Gasteiger partial charge in [0.1, 0.15) is 0 Å².